The molecule has 0 aliphatic carbocycles. The van der Waals surface area contributed by atoms with Gasteiger partial charge >= 0.3 is 6.03 Å². The molecule has 9 nitrogen and oxygen atoms in total. The Kier molecular flexibility index (Phi) is 6.01. The molecule has 1 fully saturated rings. The highest BCUT2D eigenvalue weighted by Crippen LogP contribution is 2.44. The van der Waals surface area contributed by atoms with Crippen LogP contribution in [0.15, 0.2) is 30.7 Å². The van der Waals surface area contributed by atoms with Crippen LogP contribution in [-0.4, -0.2) is 49.8 Å². The van der Waals surface area contributed by atoms with Gasteiger partial charge in [-0.05, 0) is 45.7 Å². The minimum Gasteiger partial charge on any atom is -0.482 e. The van der Waals surface area contributed by atoms with Crippen molar-refractivity contribution in [1.82, 2.24) is 30.0 Å². The van der Waals surface area contributed by atoms with Crippen molar-refractivity contribution in [1.29, 1.82) is 0 Å². The van der Waals surface area contributed by atoms with Gasteiger partial charge in [-0.3, -0.25) is 9.67 Å². The van der Waals surface area contributed by atoms with Crippen molar-refractivity contribution in [2.24, 2.45) is 0 Å². The predicted octanol–water partition coefficient (Wildman–Crippen LogP) is 3.81. The van der Waals surface area contributed by atoms with Gasteiger partial charge in [-0.1, -0.05) is 0 Å². The van der Waals surface area contributed by atoms with Gasteiger partial charge in [0.05, 0.1) is 23.7 Å². The fourth-order valence-electron chi connectivity index (χ4n) is 5.15. The molecule has 1 spiro atoms. The number of urea groups is 1. The topological polar surface area (TPSA) is 111 Å². The standard InChI is InChI=1S/C25H29F2N7O2/c1-14(2)31-24(35)33-6-4-25(13-33)5-7-34-21(25)9-19(32-34)16-8-20(23(28)30-10-16)36-15(3)22-17(26)11-29-12-18(22)27/h8-12,14-15H,4-7,13H2,1-3H3,(H2,28,30)(H,31,35)/t15?,25-/m1/s1. The number of fused-ring (bicyclic) bond motifs is 2. The van der Waals surface area contributed by atoms with E-state index in [4.69, 9.17) is 15.6 Å². The molecule has 1 saturated heterocycles. The van der Waals surface area contributed by atoms with Gasteiger partial charge in [-0.15, -0.1) is 0 Å². The largest absolute Gasteiger partial charge is 0.482 e. The Morgan fingerprint density at radius 1 is 1.14 bits per heavy atom. The Bertz CT molecular complexity index is 1290. The minimum absolute atomic E-state index is 0.0409. The quantitative estimate of drug-likeness (QED) is 0.555. The maximum Gasteiger partial charge on any atom is 0.317 e. The number of nitrogen functional groups attached to an aromatic ring is 1. The number of halogens is 2. The lowest BCUT2D eigenvalue weighted by Crippen LogP contribution is -2.43. The van der Waals surface area contributed by atoms with Crippen LogP contribution in [0.25, 0.3) is 11.3 Å². The summed E-state index contributed by atoms with van der Waals surface area (Å²) >= 11 is 0. The number of aryl methyl sites for hydroxylation is 1. The van der Waals surface area contributed by atoms with Gasteiger partial charge in [0.2, 0.25) is 0 Å². The number of carbonyl (C=O) groups excluding carboxylic acids is 1. The van der Waals surface area contributed by atoms with Crippen molar-refractivity contribution in [2.45, 2.75) is 57.7 Å². The van der Waals surface area contributed by atoms with E-state index in [0.717, 1.165) is 37.5 Å². The number of anilines is 1. The third kappa shape index (κ3) is 4.22. The highest BCUT2D eigenvalue weighted by molar-refractivity contribution is 5.75. The molecule has 2 amide bonds. The Morgan fingerprint density at radius 3 is 2.58 bits per heavy atom. The zero-order valence-electron chi connectivity index (χ0n) is 20.5. The number of pyridine rings is 2. The summed E-state index contributed by atoms with van der Waals surface area (Å²) in [5.41, 5.74) is 8.10. The number of likely N-dealkylation sites (tertiary alicyclic amines) is 1. The Morgan fingerprint density at radius 2 is 1.86 bits per heavy atom. The van der Waals surface area contributed by atoms with Gasteiger partial charge in [0.15, 0.2) is 23.2 Å². The molecule has 1 unspecified atom stereocenters. The molecule has 2 aliphatic rings. The number of nitrogens with zero attached hydrogens (tertiary/aromatic N) is 5. The van der Waals surface area contributed by atoms with E-state index in [-0.39, 0.29) is 34.6 Å². The molecular formula is C25H29F2N7O2. The van der Waals surface area contributed by atoms with Gasteiger partial charge in [-0.25, -0.2) is 18.6 Å². The lowest BCUT2D eigenvalue weighted by Gasteiger charge is -2.24. The second kappa shape index (κ2) is 9.03. The molecule has 190 valence electrons. The Labute approximate surface area is 207 Å². The molecule has 5 rings (SSSR count). The van der Waals surface area contributed by atoms with E-state index in [1.165, 1.54) is 6.92 Å². The number of rotatable bonds is 5. The first-order valence-electron chi connectivity index (χ1n) is 12.0. The maximum atomic E-state index is 14.2. The predicted molar refractivity (Wildman–Crippen MR) is 129 cm³/mol. The minimum atomic E-state index is -0.955. The number of carbonyl (C=O) groups is 1. The lowest BCUT2D eigenvalue weighted by atomic mass is 9.82. The highest BCUT2D eigenvalue weighted by Gasteiger charge is 2.47. The number of amides is 2. The van der Waals surface area contributed by atoms with Crippen molar-refractivity contribution in [3.05, 3.63) is 53.6 Å². The summed E-state index contributed by atoms with van der Waals surface area (Å²) in [5.74, 6) is -1.29. The van der Waals surface area contributed by atoms with Crippen LogP contribution < -0.4 is 15.8 Å². The molecule has 0 radical (unpaired) electrons. The first-order chi connectivity index (χ1) is 17.2. The van der Waals surface area contributed by atoms with E-state index < -0.39 is 17.7 Å². The monoisotopic (exact) mass is 497 g/mol. The van der Waals surface area contributed by atoms with Crippen LogP contribution in [0.4, 0.5) is 19.4 Å². The number of ether oxygens (including phenoxy) is 1. The molecule has 11 heteroatoms. The number of nitrogens with two attached hydrogens (primary N) is 1. The summed E-state index contributed by atoms with van der Waals surface area (Å²) in [4.78, 5) is 22.1. The van der Waals surface area contributed by atoms with E-state index in [1.807, 2.05) is 29.5 Å². The number of hydrogen-bond donors (Lipinski definition) is 2. The molecule has 36 heavy (non-hydrogen) atoms. The molecule has 3 aromatic heterocycles. The third-order valence-corrected chi connectivity index (χ3v) is 6.96. The van der Waals surface area contributed by atoms with Crippen LogP contribution in [0.3, 0.4) is 0 Å². The molecule has 3 N–H and O–H groups in total. The Balaban J connectivity index is 1.38. The van der Waals surface area contributed by atoms with E-state index in [1.54, 1.807) is 12.3 Å². The first kappa shape index (κ1) is 24.0. The van der Waals surface area contributed by atoms with Crippen molar-refractivity contribution in [3.63, 3.8) is 0 Å². The van der Waals surface area contributed by atoms with Crippen LogP contribution in [0, 0.1) is 11.6 Å². The average molecular weight is 498 g/mol. The summed E-state index contributed by atoms with van der Waals surface area (Å²) in [6.07, 6.45) is 4.32. The summed E-state index contributed by atoms with van der Waals surface area (Å²) in [5, 5.41) is 7.74. The average Bonchev–Trinajstić information content (AvgIpc) is 3.52. The highest BCUT2D eigenvalue weighted by atomic mass is 19.1. The maximum absolute atomic E-state index is 14.2. The second-order valence-electron chi connectivity index (χ2n) is 9.83. The van der Waals surface area contributed by atoms with Crippen LogP contribution in [0.2, 0.25) is 0 Å². The first-order valence-corrected chi connectivity index (χ1v) is 12.0. The second-order valence-corrected chi connectivity index (χ2v) is 9.83. The number of aromatic nitrogens is 4. The van der Waals surface area contributed by atoms with Crippen LogP contribution >= 0.6 is 0 Å². The molecular weight excluding hydrogens is 468 g/mol. The van der Waals surface area contributed by atoms with Crippen molar-refractivity contribution >= 4 is 11.8 Å². The van der Waals surface area contributed by atoms with Crippen molar-refractivity contribution in [3.8, 4) is 17.0 Å². The van der Waals surface area contributed by atoms with Crippen LogP contribution in [0.5, 0.6) is 5.75 Å². The molecule has 0 saturated carbocycles. The van der Waals surface area contributed by atoms with Gasteiger partial charge in [-0.2, -0.15) is 5.10 Å². The van der Waals surface area contributed by atoms with Crippen molar-refractivity contribution < 1.29 is 18.3 Å². The van der Waals surface area contributed by atoms with Gasteiger partial charge in [0.1, 0.15) is 6.10 Å². The molecule has 2 atom stereocenters. The Hall–Kier alpha value is -3.76. The molecule has 0 bridgehead atoms. The molecule has 5 heterocycles. The number of hydrogen-bond acceptors (Lipinski definition) is 6. The van der Waals surface area contributed by atoms with E-state index >= 15 is 0 Å². The lowest BCUT2D eigenvalue weighted by molar-refractivity contribution is 0.203. The van der Waals surface area contributed by atoms with E-state index in [9.17, 15) is 13.6 Å². The van der Waals surface area contributed by atoms with Gasteiger partial charge in [0, 0.05) is 48.5 Å². The number of nitrogens with one attached hydrogen (secondary N) is 1. The summed E-state index contributed by atoms with van der Waals surface area (Å²) in [6.45, 7) is 7.53. The SMILES string of the molecule is CC(C)NC(=O)N1CC[C@@]2(CCn3nc(-c4cnc(N)c(OC(C)c5c(F)cncc5F)c4)cc32)C1. The summed E-state index contributed by atoms with van der Waals surface area (Å²) in [7, 11) is 0. The molecule has 0 aromatic carbocycles. The van der Waals surface area contributed by atoms with Gasteiger partial charge in [0.25, 0.3) is 0 Å². The van der Waals surface area contributed by atoms with Crippen LogP contribution in [0.1, 0.15) is 51.0 Å². The fourth-order valence-corrected chi connectivity index (χ4v) is 5.15. The summed E-state index contributed by atoms with van der Waals surface area (Å²) < 4.78 is 36.1. The summed E-state index contributed by atoms with van der Waals surface area (Å²) in [6, 6.07) is 3.75. The molecule has 3 aromatic rings. The zero-order chi connectivity index (χ0) is 25.6. The van der Waals surface area contributed by atoms with Crippen LogP contribution in [-0.2, 0) is 12.0 Å². The third-order valence-electron chi connectivity index (χ3n) is 6.96. The smallest absolute Gasteiger partial charge is 0.317 e. The van der Waals surface area contributed by atoms with Crippen molar-refractivity contribution in [2.75, 3.05) is 18.8 Å². The fraction of sp³-hybridized carbons (Fsp3) is 0.440. The van der Waals surface area contributed by atoms with E-state index in [2.05, 4.69) is 15.3 Å². The van der Waals surface area contributed by atoms with Gasteiger partial charge < -0.3 is 20.7 Å². The zero-order valence-corrected chi connectivity index (χ0v) is 20.5. The normalized spacial score (nSPS) is 19.7. The molecule has 2 aliphatic heterocycles. The van der Waals surface area contributed by atoms with E-state index in [0.29, 0.717) is 24.3 Å².